The minimum Gasteiger partial charge on any atom is -0.487 e. The van der Waals surface area contributed by atoms with E-state index in [2.05, 4.69) is 47.2 Å². The third-order valence-electron chi connectivity index (χ3n) is 7.86. The van der Waals surface area contributed by atoms with Gasteiger partial charge in [-0.05, 0) is 75.7 Å². The van der Waals surface area contributed by atoms with Crippen molar-refractivity contribution in [2.75, 3.05) is 38.5 Å². The van der Waals surface area contributed by atoms with E-state index in [1.54, 1.807) is 6.20 Å². The highest BCUT2D eigenvalue weighted by Gasteiger charge is 2.39. The molecule has 3 aliphatic rings. The van der Waals surface area contributed by atoms with Gasteiger partial charge in [0, 0.05) is 50.4 Å². The second-order valence-corrected chi connectivity index (χ2v) is 10.7. The summed E-state index contributed by atoms with van der Waals surface area (Å²) in [6.07, 6.45) is 7.34. The van der Waals surface area contributed by atoms with E-state index in [0.29, 0.717) is 5.41 Å². The van der Waals surface area contributed by atoms with Crippen LogP contribution >= 0.6 is 0 Å². The van der Waals surface area contributed by atoms with Crippen molar-refractivity contribution in [1.29, 1.82) is 0 Å². The first-order valence-corrected chi connectivity index (χ1v) is 12.3. The van der Waals surface area contributed by atoms with Gasteiger partial charge in [-0.3, -0.25) is 9.69 Å². The first kappa shape index (κ1) is 22.2. The van der Waals surface area contributed by atoms with Crippen molar-refractivity contribution in [3.8, 4) is 5.75 Å². The Hall–Kier alpha value is -2.60. The van der Waals surface area contributed by atoms with Crippen LogP contribution in [-0.2, 0) is 13.0 Å². The van der Waals surface area contributed by atoms with Gasteiger partial charge in [0.2, 0.25) is 0 Å². The summed E-state index contributed by atoms with van der Waals surface area (Å²) in [5, 5.41) is 3.02. The Kier molecular flexibility index (Phi) is 5.81. The maximum absolute atomic E-state index is 13.0. The normalized spacial score (nSPS) is 21.5. The van der Waals surface area contributed by atoms with E-state index in [1.807, 2.05) is 24.1 Å². The Morgan fingerprint density at radius 2 is 1.82 bits per heavy atom. The summed E-state index contributed by atoms with van der Waals surface area (Å²) in [4.78, 5) is 21.8. The van der Waals surface area contributed by atoms with Gasteiger partial charge in [-0.1, -0.05) is 18.2 Å². The van der Waals surface area contributed by atoms with Crippen molar-refractivity contribution in [2.24, 2.45) is 5.41 Å². The number of pyridine rings is 1. The number of aromatic nitrogens is 1. The van der Waals surface area contributed by atoms with Gasteiger partial charge < -0.3 is 15.0 Å². The van der Waals surface area contributed by atoms with Crippen molar-refractivity contribution < 1.29 is 9.53 Å². The van der Waals surface area contributed by atoms with Gasteiger partial charge in [0.1, 0.15) is 17.2 Å². The van der Waals surface area contributed by atoms with Crippen molar-refractivity contribution >= 4 is 11.7 Å². The highest BCUT2D eigenvalue weighted by atomic mass is 16.5. The summed E-state index contributed by atoms with van der Waals surface area (Å²) in [6.45, 7) is 9.26. The zero-order valence-electron chi connectivity index (χ0n) is 20.2. The van der Waals surface area contributed by atoms with E-state index >= 15 is 0 Å². The van der Waals surface area contributed by atoms with Crippen molar-refractivity contribution in [3.05, 3.63) is 53.2 Å². The molecule has 1 aromatic heterocycles. The number of benzene rings is 1. The zero-order chi connectivity index (χ0) is 23.1. The molecule has 2 fully saturated rings. The Labute approximate surface area is 197 Å². The molecule has 4 heterocycles. The molecule has 0 bridgehead atoms. The van der Waals surface area contributed by atoms with Crippen LogP contribution in [0.25, 0.3) is 0 Å². The molecular weight excluding hydrogens is 412 g/mol. The molecular formula is C27H36N4O2. The van der Waals surface area contributed by atoms with Gasteiger partial charge in [-0.2, -0.15) is 0 Å². The number of likely N-dealkylation sites (tertiary alicyclic amines) is 2. The summed E-state index contributed by atoms with van der Waals surface area (Å²) in [6, 6.07) is 10.3. The van der Waals surface area contributed by atoms with E-state index in [-0.39, 0.29) is 11.5 Å². The number of piperidine rings is 2. The van der Waals surface area contributed by atoms with Crippen molar-refractivity contribution in [3.63, 3.8) is 0 Å². The lowest BCUT2D eigenvalue weighted by Crippen LogP contribution is -2.48. The SMILES string of the molecule is CNc1cc(C(=O)N2CCC3(CCN(Cc4cccc5c4OC(C)(C)C5)CC3)CC2)ccn1. The molecule has 2 saturated heterocycles. The summed E-state index contributed by atoms with van der Waals surface area (Å²) in [7, 11) is 1.83. The van der Waals surface area contributed by atoms with Crippen LogP contribution in [0.3, 0.4) is 0 Å². The Morgan fingerprint density at radius 3 is 2.55 bits per heavy atom. The van der Waals surface area contributed by atoms with Crippen LogP contribution in [-0.4, -0.2) is 59.5 Å². The smallest absolute Gasteiger partial charge is 0.254 e. The fraction of sp³-hybridized carbons (Fsp3) is 0.556. The fourth-order valence-corrected chi connectivity index (χ4v) is 5.80. The number of carbonyl (C=O) groups excluding carboxylic acids is 1. The third kappa shape index (κ3) is 4.58. The summed E-state index contributed by atoms with van der Waals surface area (Å²) >= 11 is 0. The number of fused-ring (bicyclic) bond motifs is 1. The highest BCUT2D eigenvalue weighted by Crippen LogP contribution is 2.43. The number of amides is 1. The van der Waals surface area contributed by atoms with E-state index in [1.165, 1.54) is 24.0 Å². The van der Waals surface area contributed by atoms with Crippen LogP contribution in [0.2, 0.25) is 0 Å². The molecule has 33 heavy (non-hydrogen) atoms. The second kappa shape index (κ2) is 8.64. The fourth-order valence-electron chi connectivity index (χ4n) is 5.80. The summed E-state index contributed by atoms with van der Waals surface area (Å²) < 4.78 is 6.29. The Balaban J connectivity index is 1.16. The minimum atomic E-state index is -0.0965. The molecule has 0 atom stereocenters. The van der Waals surface area contributed by atoms with Gasteiger partial charge in [0.25, 0.3) is 5.91 Å². The van der Waals surface area contributed by atoms with E-state index in [9.17, 15) is 4.79 Å². The van der Waals surface area contributed by atoms with Crippen LogP contribution in [0.4, 0.5) is 5.82 Å². The van der Waals surface area contributed by atoms with Gasteiger partial charge in [-0.15, -0.1) is 0 Å². The molecule has 1 spiro atoms. The highest BCUT2D eigenvalue weighted by molar-refractivity contribution is 5.94. The number of rotatable bonds is 4. The number of carbonyl (C=O) groups is 1. The first-order chi connectivity index (χ1) is 15.9. The monoisotopic (exact) mass is 448 g/mol. The molecule has 0 unspecified atom stereocenters. The number of ether oxygens (including phenoxy) is 1. The quantitative estimate of drug-likeness (QED) is 0.753. The van der Waals surface area contributed by atoms with E-state index in [4.69, 9.17) is 4.74 Å². The number of hydrogen-bond acceptors (Lipinski definition) is 5. The average Bonchev–Trinajstić information content (AvgIpc) is 3.16. The van der Waals surface area contributed by atoms with Crippen LogP contribution in [0.5, 0.6) is 5.75 Å². The number of anilines is 1. The molecule has 5 rings (SSSR count). The van der Waals surface area contributed by atoms with Crippen LogP contribution in [0.1, 0.15) is 61.0 Å². The molecule has 0 aliphatic carbocycles. The maximum atomic E-state index is 13.0. The molecule has 3 aliphatic heterocycles. The lowest BCUT2D eigenvalue weighted by atomic mass is 9.71. The number of nitrogens with zero attached hydrogens (tertiary/aromatic N) is 3. The Bertz CT molecular complexity index is 1020. The van der Waals surface area contributed by atoms with Crippen molar-refractivity contribution in [1.82, 2.24) is 14.8 Å². The Morgan fingerprint density at radius 1 is 1.09 bits per heavy atom. The third-order valence-corrected chi connectivity index (χ3v) is 7.86. The van der Waals surface area contributed by atoms with Gasteiger partial charge in [0.15, 0.2) is 0 Å². The molecule has 1 N–H and O–H groups in total. The minimum absolute atomic E-state index is 0.0965. The zero-order valence-corrected chi connectivity index (χ0v) is 20.2. The van der Waals surface area contributed by atoms with E-state index < -0.39 is 0 Å². The van der Waals surface area contributed by atoms with Gasteiger partial charge in [-0.25, -0.2) is 4.98 Å². The molecule has 2 aromatic rings. The molecule has 1 amide bonds. The van der Waals surface area contributed by atoms with Crippen LogP contribution in [0.15, 0.2) is 36.5 Å². The molecule has 176 valence electrons. The average molecular weight is 449 g/mol. The lowest BCUT2D eigenvalue weighted by Gasteiger charge is -2.47. The van der Waals surface area contributed by atoms with Crippen LogP contribution in [0, 0.1) is 5.41 Å². The number of nitrogens with one attached hydrogen (secondary N) is 1. The predicted octanol–water partition coefficient (Wildman–Crippen LogP) is 4.36. The second-order valence-electron chi connectivity index (χ2n) is 10.7. The number of hydrogen-bond donors (Lipinski definition) is 1. The van der Waals surface area contributed by atoms with E-state index in [0.717, 1.165) is 69.1 Å². The molecule has 6 nitrogen and oxygen atoms in total. The van der Waals surface area contributed by atoms with Gasteiger partial charge in [0.05, 0.1) is 0 Å². The largest absolute Gasteiger partial charge is 0.487 e. The predicted molar refractivity (Wildman–Crippen MR) is 131 cm³/mol. The molecule has 1 aromatic carbocycles. The van der Waals surface area contributed by atoms with Gasteiger partial charge >= 0.3 is 0 Å². The first-order valence-electron chi connectivity index (χ1n) is 12.3. The molecule has 0 saturated carbocycles. The lowest BCUT2D eigenvalue weighted by molar-refractivity contribution is 0.0282. The summed E-state index contributed by atoms with van der Waals surface area (Å²) in [5.74, 6) is 1.98. The summed E-state index contributed by atoms with van der Waals surface area (Å²) in [5.41, 5.74) is 3.69. The van der Waals surface area contributed by atoms with Crippen LogP contribution < -0.4 is 10.1 Å². The maximum Gasteiger partial charge on any atom is 0.254 e. The number of para-hydroxylation sites is 1. The van der Waals surface area contributed by atoms with Crippen molar-refractivity contribution in [2.45, 2.75) is 58.1 Å². The molecule has 0 radical (unpaired) electrons. The molecule has 6 heteroatoms. The standard InChI is InChI=1S/C27H36N4O2/c1-26(2)18-21-5-4-6-22(24(21)33-26)19-30-13-8-27(9-14-30)10-15-31(16-11-27)25(32)20-7-12-29-23(17-20)28-3/h4-7,12,17H,8-11,13-16,18-19H2,1-3H3,(H,28,29). The topological polar surface area (TPSA) is 57.7 Å².